The lowest BCUT2D eigenvalue weighted by Gasteiger charge is -2.31. The number of anilines is 1. The minimum atomic E-state index is 0.0114. The molecule has 8 heteroatoms. The third-order valence-electron chi connectivity index (χ3n) is 5.53. The van der Waals surface area contributed by atoms with Gasteiger partial charge in [0.2, 0.25) is 5.91 Å². The molecular formula is C22H26N6O2. The first-order valence-corrected chi connectivity index (χ1v) is 10.1. The van der Waals surface area contributed by atoms with Crippen molar-refractivity contribution in [2.45, 2.75) is 26.3 Å². The molecule has 1 saturated heterocycles. The smallest absolute Gasteiger partial charge is 0.227 e. The van der Waals surface area contributed by atoms with E-state index >= 15 is 0 Å². The zero-order chi connectivity index (χ0) is 20.9. The van der Waals surface area contributed by atoms with E-state index in [1.165, 1.54) is 5.56 Å². The molecule has 2 heterocycles. The van der Waals surface area contributed by atoms with Crippen molar-refractivity contribution in [1.82, 2.24) is 25.1 Å². The summed E-state index contributed by atoms with van der Waals surface area (Å²) in [6.45, 7) is 4.45. The van der Waals surface area contributed by atoms with Crippen LogP contribution in [0.2, 0.25) is 0 Å². The van der Waals surface area contributed by atoms with E-state index in [-0.39, 0.29) is 11.8 Å². The zero-order valence-corrected chi connectivity index (χ0v) is 17.3. The molecule has 0 atom stereocenters. The number of amides is 1. The molecule has 1 amide bonds. The Balaban J connectivity index is 1.33. The first-order chi connectivity index (χ1) is 14.6. The van der Waals surface area contributed by atoms with E-state index in [0.29, 0.717) is 5.82 Å². The molecule has 0 spiro atoms. The van der Waals surface area contributed by atoms with Crippen molar-refractivity contribution >= 4 is 11.6 Å². The van der Waals surface area contributed by atoms with Gasteiger partial charge in [0.15, 0.2) is 5.82 Å². The number of aryl methyl sites for hydroxylation is 1. The van der Waals surface area contributed by atoms with Gasteiger partial charge >= 0.3 is 0 Å². The molecule has 8 nitrogen and oxygen atoms in total. The average molecular weight is 406 g/mol. The van der Waals surface area contributed by atoms with Gasteiger partial charge in [-0.1, -0.05) is 24.3 Å². The molecule has 0 saturated carbocycles. The molecule has 3 aromatic rings. The van der Waals surface area contributed by atoms with Gasteiger partial charge in [-0.15, -0.1) is 5.10 Å². The van der Waals surface area contributed by atoms with Crippen LogP contribution >= 0.6 is 0 Å². The summed E-state index contributed by atoms with van der Waals surface area (Å²) in [5.41, 5.74) is 2.75. The number of likely N-dealkylation sites (tertiary alicyclic amines) is 1. The van der Waals surface area contributed by atoms with Crippen molar-refractivity contribution in [2.24, 2.45) is 5.92 Å². The molecule has 1 fully saturated rings. The number of aromatic nitrogens is 4. The third kappa shape index (κ3) is 4.49. The molecule has 1 aliphatic heterocycles. The lowest BCUT2D eigenvalue weighted by molar-refractivity contribution is -0.121. The standard InChI is InChI=1S/C22H26N6O2/c1-16-24-25-26-28(16)20-8-5-7-19(14-20)23-22(29)17-10-12-27(13-11-17)15-18-6-3-4-9-21(18)30-2/h3-9,14,17H,10-13,15H2,1-2H3,(H,23,29). The van der Waals surface area contributed by atoms with Gasteiger partial charge in [-0.3, -0.25) is 9.69 Å². The molecule has 1 N–H and O–H groups in total. The Hall–Kier alpha value is -3.26. The fourth-order valence-corrected chi connectivity index (χ4v) is 3.86. The van der Waals surface area contributed by atoms with E-state index in [2.05, 4.69) is 31.8 Å². The van der Waals surface area contributed by atoms with E-state index in [1.54, 1.807) is 11.8 Å². The van der Waals surface area contributed by atoms with Crippen molar-refractivity contribution in [3.63, 3.8) is 0 Å². The van der Waals surface area contributed by atoms with Crippen LogP contribution in [-0.4, -0.2) is 51.2 Å². The molecule has 0 radical (unpaired) electrons. The lowest BCUT2D eigenvalue weighted by Crippen LogP contribution is -2.37. The van der Waals surface area contributed by atoms with Crippen molar-refractivity contribution in [1.29, 1.82) is 0 Å². The summed E-state index contributed by atoms with van der Waals surface area (Å²) in [5.74, 6) is 1.69. The molecule has 2 aromatic carbocycles. The van der Waals surface area contributed by atoms with Crippen LogP contribution < -0.4 is 10.1 Å². The summed E-state index contributed by atoms with van der Waals surface area (Å²) in [4.78, 5) is 15.2. The number of benzene rings is 2. The Labute approximate surface area is 175 Å². The van der Waals surface area contributed by atoms with Gasteiger partial charge in [0, 0.05) is 23.7 Å². The second kappa shape index (κ2) is 9.04. The highest BCUT2D eigenvalue weighted by Crippen LogP contribution is 2.24. The number of carbonyl (C=O) groups is 1. The Morgan fingerprint density at radius 1 is 1.17 bits per heavy atom. The number of carbonyl (C=O) groups excluding carboxylic acids is 1. The van der Waals surface area contributed by atoms with Crippen LogP contribution in [0.4, 0.5) is 5.69 Å². The first-order valence-electron chi connectivity index (χ1n) is 10.1. The summed E-state index contributed by atoms with van der Waals surface area (Å²) in [7, 11) is 1.70. The van der Waals surface area contributed by atoms with Crippen molar-refractivity contribution in [3.8, 4) is 11.4 Å². The molecule has 0 bridgehead atoms. The van der Waals surface area contributed by atoms with Crippen molar-refractivity contribution < 1.29 is 9.53 Å². The second-order valence-corrected chi connectivity index (χ2v) is 7.54. The lowest BCUT2D eigenvalue weighted by atomic mass is 9.95. The number of nitrogens with zero attached hydrogens (tertiary/aromatic N) is 5. The molecule has 0 unspecified atom stereocenters. The van der Waals surface area contributed by atoms with Crippen LogP contribution in [0.3, 0.4) is 0 Å². The predicted octanol–water partition coefficient (Wildman–Crippen LogP) is 2.83. The van der Waals surface area contributed by atoms with Gasteiger partial charge in [0.25, 0.3) is 0 Å². The molecule has 0 aliphatic carbocycles. The van der Waals surface area contributed by atoms with Crippen LogP contribution in [0.1, 0.15) is 24.2 Å². The van der Waals surface area contributed by atoms with Gasteiger partial charge in [0.1, 0.15) is 5.75 Å². The van der Waals surface area contributed by atoms with Crippen LogP contribution in [0.25, 0.3) is 5.69 Å². The van der Waals surface area contributed by atoms with E-state index in [4.69, 9.17) is 4.74 Å². The number of rotatable bonds is 6. The van der Waals surface area contributed by atoms with Gasteiger partial charge in [-0.2, -0.15) is 4.68 Å². The zero-order valence-electron chi connectivity index (χ0n) is 17.3. The van der Waals surface area contributed by atoms with Gasteiger partial charge in [-0.05, 0) is 67.5 Å². The molecular weight excluding hydrogens is 380 g/mol. The highest BCUT2D eigenvalue weighted by Gasteiger charge is 2.25. The number of tetrazole rings is 1. The van der Waals surface area contributed by atoms with Crippen molar-refractivity contribution in [2.75, 3.05) is 25.5 Å². The Bertz CT molecular complexity index is 1010. The maximum absolute atomic E-state index is 12.8. The maximum atomic E-state index is 12.8. The number of piperidine rings is 1. The molecule has 1 aromatic heterocycles. The number of hydrogen-bond donors (Lipinski definition) is 1. The fourth-order valence-electron chi connectivity index (χ4n) is 3.86. The van der Waals surface area contributed by atoms with Crippen molar-refractivity contribution in [3.05, 3.63) is 59.9 Å². The molecule has 4 rings (SSSR count). The number of nitrogens with one attached hydrogen (secondary N) is 1. The maximum Gasteiger partial charge on any atom is 0.227 e. The summed E-state index contributed by atoms with van der Waals surface area (Å²) in [6, 6.07) is 15.7. The summed E-state index contributed by atoms with van der Waals surface area (Å²) in [5, 5.41) is 14.6. The summed E-state index contributed by atoms with van der Waals surface area (Å²) in [6.07, 6.45) is 1.68. The van der Waals surface area contributed by atoms with Crippen LogP contribution in [0.5, 0.6) is 5.75 Å². The quantitative estimate of drug-likeness (QED) is 0.678. The number of ether oxygens (including phenoxy) is 1. The highest BCUT2D eigenvalue weighted by molar-refractivity contribution is 5.92. The highest BCUT2D eigenvalue weighted by atomic mass is 16.5. The predicted molar refractivity (Wildman–Crippen MR) is 114 cm³/mol. The fraction of sp³-hybridized carbons (Fsp3) is 0.364. The Kier molecular flexibility index (Phi) is 6.04. The normalized spacial score (nSPS) is 15.1. The number of hydrogen-bond acceptors (Lipinski definition) is 6. The Morgan fingerprint density at radius 2 is 1.97 bits per heavy atom. The van der Waals surface area contributed by atoms with Crippen LogP contribution in [0, 0.1) is 12.8 Å². The van der Waals surface area contributed by atoms with E-state index in [1.807, 2.05) is 49.4 Å². The Morgan fingerprint density at radius 3 is 2.70 bits per heavy atom. The average Bonchev–Trinajstić information content (AvgIpc) is 3.21. The molecule has 156 valence electrons. The van der Waals surface area contributed by atoms with Crippen LogP contribution in [0.15, 0.2) is 48.5 Å². The summed E-state index contributed by atoms with van der Waals surface area (Å²) < 4.78 is 7.10. The molecule has 30 heavy (non-hydrogen) atoms. The first kappa shape index (κ1) is 20.0. The topological polar surface area (TPSA) is 85.2 Å². The number of methoxy groups -OCH3 is 1. The van der Waals surface area contributed by atoms with Crippen LogP contribution in [-0.2, 0) is 11.3 Å². The van der Waals surface area contributed by atoms with E-state index in [9.17, 15) is 4.79 Å². The SMILES string of the molecule is COc1ccccc1CN1CCC(C(=O)Nc2cccc(-n3nnnc3C)c2)CC1. The third-order valence-corrected chi connectivity index (χ3v) is 5.53. The van der Waals surface area contributed by atoms with Gasteiger partial charge in [-0.25, -0.2) is 0 Å². The number of para-hydroxylation sites is 1. The second-order valence-electron chi connectivity index (χ2n) is 7.54. The monoisotopic (exact) mass is 406 g/mol. The minimum absolute atomic E-state index is 0.0114. The molecule has 1 aliphatic rings. The minimum Gasteiger partial charge on any atom is -0.496 e. The van der Waals surface area contributed by atoms with E-state index in [0.717, 1.165) is 49.6 Å². The summed E-state index contributed by atoms with van der Waals surface area (Å²) >= 11 is 0. The van der Waals surface area contributed by atoms with Gasteiger partial charge in [0.05, 0.1) is 12.8 Å². The van der Waals surface area contributed by atoms with E-state index < -0.39 is 0 Å². The largest absolute Gasteiger partial charge is 0.496 e. The van der Waals surface area contributed by atoms with Gasteiger partial charge < -0.3 is 10.1 Å².